The maximum atomic E-state index is 12.7. The predicted octanol–water partition coefficient (Wildman–Crippen LogP) is 0.557. The van der Waals surface area contributed by atoms with Crippen molar-refractivity contribution in [3.63, 3.8) is 0 Å². The van der Waals surface area contributed by atoms with Gasteiger partial charge in [-0.1, -0.05) is 18.2 Å². The number of nitrogens with one attached hydrogen (secondary N) is 1. The van der Waals surface area contributed by atoms with Crippen LogP contribution in [-0.4, -0.2) is 61.6 Å². The highest BCUT2D eigenvalue weighted by Gasteiger charge is 2.39. The highest BCUT2D eigenvalue weighted by atomic mass is 16.5. The molecule has 24 heavy (non-hydrogen) atoms. The SMILES string of the molecule is O=C1COC2(CCN(CC(=O)N3CCc4ccccc43)CC2)CN1. The number of carbonyl (C=O) groups excluding carboxylic acids is 2. The molecule has 128 valence electrons. The van der Waals surface area contributed by atoms with Crippen LogP contribution in [0, 0.1) is 0 Å². The first-order chi connectivity index (χ1) is 11.7. The first-order valence-electron chi connectivity index (χ1n) is 8.67. The molecule has 1 N–H and O–H groups in total. The summed E-state index contributed by atoms with van der Waals surface area (Å²) in [7, 11) is 0. The highest BCUT2D eigenvalue weighted by molar-refractivity contribution is 5.96. The third-order valence-electron chi connectivity index (χ3n) is 5.43. The molecule has 3 heterocycles. The lowest BCUT2D eigenvalue weighted by atomic mass is 9.90. The third-order valence-corrected chi connectivity index (χ3v) is 5.43. The van der Waals surface area contributed by atoms with Gasteiger partial charge in [0.15, 0.2) is 0 Å². The second-order valence-corrected chi connectivity index (χ2v) is 6.95. The largest absolute Gasteiger partial charge is 0.363 e. The first kappa shape index (κ1) is 15.6. The van der Waals surface area contributed by atoms with Gasteiger partial charge < -0.3 is 15.0 Å². The zero-order valence-corrected chi connectivity index (χ0v) is 13.8. The molecule has 3 aliphatic rings. The molecule has 0 saturated carbocycles. The number of para-hydroxylation sites is 1. The molecule has 4 rings (SSSR count). The van der Waals surface area contributed by atoms with E-state index in [0.29, 0.717) is 13.1 Å². The molecule has 2 fully saturated rings. The van der Waals surface area contributed by atoms with Crippen molar-refractivity contribution in [2.24, 2.45) is 0 Å². The Kier molecular flexibility index (Phi) is 4.02. The zero-order valence-electron chi connectivity index (χ0n) is 13.8. The van der Waals surface area contributed by atoms with Gasteiger partial charge in [0.05, 0.1) is 12.1 Å². The van der Waals surface area contributed by atoms with Gasteiger partial charge in [-0.15, -0.1) is 0 Å². The second kappa shape index (κ2) is 6.18. The van der Waals surface area contributed by atoms with Crippen molar-refractivity contribution in [1.82, 2.24) is 10.2 Å². The van der Waals surface area contributed by atoms with Crippen LogP contribution in [0.3, 0.4) is 0 Å². The van der Waals surface area contributed by atoms with Crippen LogP contribution in [0.25, 0.3) is 0 Å². The molecular weight excluding hydrogens is 306 g/mol. The average Bonchev–Trinajstić information content (AvgIpc) is 3.04. The lowest BCUT2D eigenvalue weighted by Gasteiger charge is -2.43. The van der Waals surface area contributed by atoms with E-state index in [0.717, 1.165) is 44.6 Å². The molecule has 6 nitrogen and oxygen atoms in total. The minimum Gasteiger partial charge on any atom is -0.363 e. The molecule has 0 bridgehead atoms. The van der Waals surface area contributed by atoms with Crippen LogP contribution in [0.5, 0.6) is 0 Å². The van der Waals surface area contributed by atoms with E-state index in [1.807, 2.05) is 23.1 Å². The van der Waals surface area contributed by atoms with Crippen LogP contribution >= 0.6 is 0 Å². The van der Waals surface area contributed by atoms with Crippen molar-refractivity contribution in [1.29, 1.82) is 0 Å². The zero-order chi connectivity index (χ0) is 16.6. The Morgan fingerprint density at radius 1 is 1.21 bits per heavy atom. The van der Waals surface area contributed by atoms with Gasteiger partial charge in [0, 0.05) is 31.9 Å². The summed E-state index contributed by atoms with van der Waals surface area (Å²) in [6, 6.07) is 8.15. The summed E-state index contributed by atoms with van der Waals surface area (Å²) in [5, 5.41) is 2.90. The van der Waals surface area contributed by atoms with E-state index in [9.17, 15) is 9.59 Å². The smallest absolute Gasteiger partial charge is 0.246 e. The van der Waals surface area contributed by atoms with Crippen molar-refractivity contribution in [3.05, 3.63) is 29.8 Å². The summed E-state index contributed by atoms with van der Waals surface area (Å²) in [4.78, 5) is 28.0. The van der Waals surface area contributed by atoms with Crippen molar-refractivity contribution >= 4 is 17.5 Å². The summed E-state index contributed by atoms with van der Waals surface area (Å²) >= 11 is 0. The monoisotopic (exact) mass is 329 g/mol. The molecule has 1 aromatic rings. The number of hydrogen-bond acceptors (Lipinski definition) is 4. The lowest BCUT2D eigenvalue weighted by Crippen LogP contribution is -2.58. The number of benzene rings is 1. The summed E-state index contributed by atoms with van der Waals surface area (Å²) in [6.07, 6.45) is 2.66. The number of rotatable bonds is 2. The van der Waals surface area contributed by atoms with E-state index < -0.39 is 0 Å². The molecule has 0 unspecified atom stereocenters. The average molecular weight is 329 g/mol. The predicted molar refractivity (Wildman–Crippen MR) is 89.9 cm³/mol. The molecule has 3 aliphatic heterocycles. The summed E-state index contributed by atoms with van der Waals surface area (Å²) < 4.78 is 5.78. The van der Waals surface area contributed by atoms with Gasteiger partial charge in [-0.25, -0.2) is 0 Å². The van der Waals surface area contributed by atoms with E-state index in [1.54, 1.807) is 0 Å². The van der Waals surface area contributed by atoms with E-state index in [2.05, 4.69) is 16.3 Å². The first-order valence-corrected chi connectivity index (χ1v) is 8.67. The van der Waals surface area contributed by atoms with Crippen LogP contribution < -0.4 is 10.2 Å². The van der Waals surface area contributed by atoms with Gasteiger partial charge >= 0.3 is 0 Å². The number of anilines is 1. The standard InChI is InChI=1S/C18H23N3O3/c22-16-12-24-18(13-19-16)6-9-20(10-7-18)11-17(23)21-8-5-14-3-1-2-4-15(14)21/h1-4H,5-13H2,(H,19,22). The molecule has 1 spiro atoms. The molecular formula is C18H23N3O3. The van der Waals surface area contributed by atoms with Crippen molar-refractivity contribution in [2.45, 2.75) is 24.9 Å². The Labute approximate surface area is 141 Å². The fourth-order valence-corrected chi connectivity index (χ4v) is 3.89. The van der Waals surface area contributed by atoms with Gasteiger partial charge in [-0.2, -0.15) is 0 Å². The van der Waals surface area contributed by atoms with E-state index >= 15 is 0 Å². The van der Waals surface area contributed by atoms with Crippen LogP contribution in [0.4, 0.5) is 5.69 Å². The number of piperidine rings is 1. The minimum absolute atomic E-state index is 0.0362. The number of ether oxygens (including phenoxy) is 1. The maximum absolute atomic E-state index is 12.7. The Hall–Kier alpha value is -1.92. The highest BCUT2D eigenvalue weighted by Crippen LogP contribution is 2.29. The Balaban J connectivity index is 1.33. The Bertz CT molecular complexity index is 641. The fraction of sp³-hybridized carbons (Fsp3) is 0.556. The van der Waals surface area contributed by atoms with Gasteiger partial charge in [0.1, 0.15) is 6.61 Å². The quantitative estimate of drug-likeness (QED) is 0.861. The number of likely N-dealkylation sites (tertiary alicyclic amines) is 1. The summed E-state index contributed by atoms with van der Waals surface area (Å²) in [6.45, 7) is 3.65. The number of hydrogen-bond donors (Lipinski definition) is 1. The van der Waals surface area contributed by atoms with Gasteiger partial charge in [0.2, 0.25) is 11.8 Å². The lowest BCUT2D eigenvalue weighted by molar-refractivity contribution is -0.150. The van der Waals surface area contributed by atoms with Crippen molar-refractivity contribution in [3.8, 4) is 0 Å². The Morgan fingerprint density at radius 3 is 2.75 bits per heavy atom. The van der Waals surface area contributed by atoms with E-state index in [4.69, 9.17) is 4.74 Å². The van der Waals surface area contributed by atoms with Crippen molar-refractivity contribution < 1.29 is 14.3 Å². The van der Waals surface area contributed by atoms with Crippen LogP contribution in [0.15, 0.2) is 24.3 Å². The topological polar surface area (TPSA) is 61.9 Å². The number of nitrogens with zero attached hydrogens (tertiary/aromatic N) is 2. The molecule has 0 aliphatic carbocycles. The van der Waals surface area contributed by atoms with E-state index in [-0.39, 0.29) is 24.0 Å². The summed E-state index contributed by atoms with van der Waals surface area (Å²) in [5.74, 6) is 0.139. The van der Waals surface area contributed by atoms with Crippen LogP contribution in [-0.2, 0) is 20.7 Å². The number of fused-ring (bicyclic) bond motifs is 1. The molecule has 6 heteroatoms. The third kappa shape index (κ3) is 2.91. The molecule has 1 aromatic carbocycles. The number of carbonyl (C=O) groups is 2. The second-order valence-electron chi connectivity index (χ2n) is 6.95. The van der Waals surface area contributed by atoms with E-state index in [1.165, 1.54) is 5.56 Å². The number of morpholine rings is 1. The molecule has 0 atom stereocenters. The van der Waals surface area contributed by atoms with Gasteiger partial charge in [0.25, 0.3) is 0 Å². The molecule has 2 saturated heterocycles. The number of amides is 2. The molecule has 0 radical (unpaired) electrons. The van der Waals surface area contributed by atoms with Crippen molar-refractivity contribution in [2.75, 3.05) is 44.2 Å². The van der Waals surface area contributed by atoms with Gasteiger partial charge in [-0.05, 0) is 30.9 Å². The summed E-state index contributed by atoms with van der Waals surface area (Å²) in [5.41, 5.74) is 2.09. The molecule has 0 aromatic heterocycles. The van der Waals surface area contributed by atoms with Gasteiger partial charge in [-0.3, -0.25) is 14.5 Å². The maximum Gasteiger partial charge on any atom is 0.246 e. The molecule has 2 amide bonds. The normalized spacial score (nSPS) is 23.2. The Morgan fingerprint density at radius 2 is 2.00 bits per heavy atom. The van der Waals surface area contributed by atoms with Crippen LogP contribution in [0.2, 0.25) is 0 Å². The fourth-order valence-electron chi connectivity index (χ4n) is 3.89. The van der Waals surface area contributed by atoms with Crippen LogP contribution in [0.1, 0.15) is 18.4 Å². The minimum atomic E-state index is -0.228.